The van der Waals surface area contributed by atoms with Gasteiger partial charge >= 0.3 is 5.69 Å². The summed E-state index contributed by atoms with van der Waals surface area (Å²) in [7, 11) is 1.50. The molecule has 2 aromatic heterocycles. The van der Waals surface area contributed by atoms with Crippen LogP contribution < -0.4 is 15.9 Å². The number of carbonyl (C=O) groups is 1. The molecule has 0 aliphatic carbocycles. The number of hydrogen-bond donors (Lipinski definition) is 2. The number of nitrogens with one attached hydrogen (secondary N) is 1. The van der Waals surface area contributed by atoms with Gasteiger partial charge in [0.05, 0.1) is 35.5 Å². The van der Waals surface area contributed by atoms with Crippen LogP contribution in [0.2, 0.25) is 15.2 Å². The third-order valence-electron chi connectivity index (χ3n) is 4.13. The van der Waals surface area contributed by atoms with E-state index >= 15 is 0 Å². The maximum absolute atomic E-state index is 12.3. The van der Waals surface area contributed by atoms with Crippen molar-refractivity contribution in [1.29, 1.82) is 0 Å². The zero-order valence-electron chi connectivity index (χ0n) is 16.3. The first-order valence-electron chi connectivity index (χ1n) is 8.68. The molecule has 32 heavy (non-hydrogen) atoms. The van der Waals surface area contributed by atoms with Crippen molar-refractivity contribution in [3.05, 3.63) is 72.7 Å². The van der Waals surface area contributed by atoms with Gasteiger partial charge < -0.3 is 10.5 Å². The summed E-state index contributed by atoms with van der Waals surface area (Å²) >= 11 is 17.7. The van der Waals surface area contributed by atoms with Crippen LogP contribution in [-0.4, -0.2) is 38.9 Å². The van der Waals surface area contributed by atoms with Gasteiger partial charge in [0.2, 0.25) is 0 Å². The maximum atomic E-state index is 12.3. The number of benzene rings is 1. The molecule has 11 nitrogen and oxygen atoms in total. The summed E-state index contributed by atoms with van der Waals surface area (Å²) in [6.07, 6.45) is 3.84. The Labute approximate surface area is 195 Å². The number of carbonyl (C=O) groups excluding carboxylic acids is 1. The minimum Gasteiger partial charge on any atom is -0.496 e. The number of nitrogens with two attached hydrogens (primary N) is 1. The summed E-state index contributed by atoms with van der Waals surface area (Å²) in [6.45, 7) is 0.215. The van der Waals surface area contributed by atoms with Crippen molar-refractivity contribution in [2.75, 3.05) is 12.8 Å². The second kappa shape index (κ2) is 9.81. The molecule has 3 rings (SSSR count). The Balaban J connectivity index is 1.76. The topological polar surface area (TPSA) is 151 Å². The summed E-state index contributed by atoms with van der Waals surface area (Å²) in [4.78, 5) is 26.4. The minimum atomic E-state index is -0.742. The number of hydrazone groups is 1. The molecule has 1 aromatic carbocycles. The lowest BCUT2D eigenvalue weighted by atomic mass is 10.1. The standard InChI is InChI=1S/C18H14Cl3N7O4/c1-32-12-3-2-9(4-10(12)7-27-8-11(6-24-27)28(30)31)5-23-26-18(29)16-13(19)15(22)14(20)17(21)25-16/h2-6,8H,7H2,1H3,(H2,22,25)(H,26,29)/b23-5+. The smallest absolute Gasteiger partial charge is 0.307 e. The van der Waals surface area contributed by atoms with E-state index in [9.17, 15) is 14.9 Å². The van der Waals surface area contributed by atoms with Gasteiger partial charge in [-0.3, -0.25) is 19.6 Å². The van der Waals surface area contributed by atoms with Gasteiger partial charge in [-0.05, 0) is 23.8 Å². The first-order chi connectivity index (χ1) is 15.2. The Morgan fingerprint density at radius 1 is 1.38 bits per heavy atom. The molecule has 0 aliphatic rings. The molecule has 0 aliphatic heterocycles. The molecule has 166 valence electrons. The van der Waals surface area contributed by atoms with Crippen LogP contribution in [0.15, 0.2) is 35.7 Å². The van der Waals surface area contributed by atoms with Crippen LogP contribution in [0.5, 0.6) is 5.75 Å². The van der Waals surface area contributed by atoms with Gasteiger partial charge in [-0.25, -0.2) is 10.4 Å². The van der Waals surface area contributed by atoms with E-state index < -0.39 is 10.8 Å². The van der Waals surface area contributed by atoms with E-state index in [-0.39, 0.29) is 38.8 Å². The average Bonchev–Trinajstić information content (AvgIpc) is 3.24. The van der Waals surface area contributed by atoms with E-state index in [1.807, 2.05) is 0 Å². The fourth-order valence-electron chi connectivity index (χ4n) is 2.61. The summed E-state index contributed by atoms with van der Waals surface area (Å²) in [6, 6.07) is 5.12. The first kappa shape index (κ1) is 23.3. The number of pyridine rings is 1. The number of nitrogens with zero attached hydrogens (tertiary/aromatic N) is 5. The second-order valence-corrected chi connectivity index (χ2v) is 7.33. The quantitative estimate of drug-likeness (QED) is 0.219. The first-order valence-corrected chi connectivity index (χ1v) is 9.81. The highest BCUT2D eigenvalue weighted by Crippen LogP contribution is 2.34. The van der Waals surface area contributed by atoms with Gasteiger partial charge in [0.25, 0.3) is 5.91 Å². The lowest BCUT2D eigenvalue weighted by Crippen LogP contribution is -2.20. The third-order valence-corrected chi connectivity index (χ3v) is 5.27. The second-order valence-electron chi connectivity index (χ2n) is 6.22. The molecule has 0 unspecified atom stereocenters. The van der Waals surface area contributed by atoms with Crippen LogP contribution in [-0.2, 0) is 6.54 Å². The van der Waals surface area contributed by atoms with Crippen LogP contribution >= 0.6 is 34.8 Å². The predicted molar refractivity (Wildman–Crippen MR) is 120 cm³/mol. The molecule has 2 heterocycles. The molecule has 0 spiro atoms. The number of aromatic nitrogens is 3. The van der Waals surface area contributed by atoms with Crippen molar-refractivity contribution >= 4 is 58.3 Å². The monoisotopic (exact) mass is 497 g/mol. The van der Waals surface area contributed by atoms with Crippen LogP contribution in [0.3, 0.4) is 0 Å². The maximum Gasteiger partial charge on any atom is 0.307 e. The van der Waals surface area contributed by atoms with Crippen molar-refractivity contribution in [3.63, 3.8) is 0 Å². The molecule has 1 amide bonds. The molecule has 0 atom stereocenters. The third kappa shape index (κ3) is 5.07. The van der Waals surface area contributed by atoms with Crippen LogP contribution in [0.1, 0.15) is 21.6 Å². The molecular weight excluding hydrogens is 485 g/mol. The van der Waals surface area contributed by atoms with E-state index in [0.29, 0.717) is 16.9 Å². The van der Waals surface area contributed by atoms with Gasteiger partial charge in [-0.1, -0.05) is 34.8 Å². The molecule has 0 bridgehead atoms. The highest BCUT2D eigenvalue weighted by atomic mass is 35.5. The molecule has 0 fully saturated rings. The fraction of sp³-hybridized carbons (Fsp3) is 0.111. The highest BCUT2D eigenvalue weighted by molar-refractivity contribution is 6.46. The fourth-order valence-corrected chi connectivity index (χ4v) is 3.20. The van der Waals surface area contributed by atoms with Crippen molar-refractivity contribution in [3.8, 4) is 5.75 Å². The van der Waals surface area contributed by atoms with E-state index in [1.54, 1.807) is 18.2 Å². The normalized spacial score (nSPS) is 11.0. The highest BCUT2D eigenvalue weighted by Gasteiger charge is 2.19. The van der Waals surface area contributed by atoms with Gasteiger partial charge in [0, 0.05) is 5.56 Å². The zero-order valence-corrected chi connectivity index (χ0v) is 18.5. The number of rotatable bonds is 7. The van der Waals surface area contributed by atoms with E-state index in [0.717, 1.165) is 6.20 Å². The van der Waals surface area contributed by atoms with Crippen molar-refractivity contribution in [2.24, 2.45) is 5.10 Å². The molecule has 0 radical (unpaired) electrons. The number of amides is 1. The summed E-state index contributed by atoms with van der Waals surface area (Å²) in [5, 5.41) is 18.3. The average molecular weight is 499 g/mol. The number of hydrogen-bond acceptors (Lipinski definition) is 8. The lowest BCUT2D eigenvalue weighted by Gasteiger charge is -2.09. The summed E-state index contributed by atoms with van der Waals surface area (Å²) in [5.41, 5.74) is 8.85. The van der Waals surface area contributed by atoms with E-state index in [1.165, 1.54) is 24.2 Å². The molecule has 0 saturated heterocycles. The van der Waals surface area contributed by atoms with Crippen LogP contribution in [0, 0.1) is 10.1 Å². The van der Waals surface area contributed by atoms with Gasteiger partial charge in [-0.15, -0.1) is 0 Å². The number of ether oxygens (including phenoxy) is 1. The Morgan fingerprint density at radius 3 is 2.78 bits per heavy atom. The SMILES string of the molecule is COc1ccc(/C=N/NC(=O)c2nc(Cl)c(Cl)c(N)c2Cl)cc1Cn1cc([N+](=O)[O-])cn1. The molecule has 3 N–H and O–H groups in total. The predicted octanol–water partition coefficient (Wildman–Crippen LogP) is 3.55. The zero-order chi connectivity index (χ0) is 23.4. The lowest BCUT2D eigenvalue weighted by molar-refractivity contribution is -0.385. The molecular formula is C18H14Cl3N7O4. The molecule has 0 saturated carbocycles. The van der Waals surface area contributed by atoms with Crippen LogP contribution in [0.25, 0.3) is 0 Å². The number of nitro groups is 1. The Kier molecular flexibility index (Phi) is 7.13. The van der Waals surface area contributed by atoms with Crippen molar-refractivity contribution in [2.45, 2.75) is 6.54 Å². The summed E-state index contributed by atoms with van der Waals surface area (Å²) < 4.78 is 6.73. The molecule has 14 heteroatoms. The largest absolute Gasteiger partial charge is 0.496 e. The number of methoxy groups -OCH3 is 1. The van der Waals surface area contributed by atoms with Gasteiger partial charge in [0.15, 0.2) is 10.8 Å². The Bertz CT molecular complexity index is 1230. The van der Waals surface area contributed by atoms with E-state index in [4.69, 9.17) is 45.3 Å². The number of nitrogen functional groups attached to an aromatic ring is 1. The van der Waals surface area contributed by atoms with Crippen molar-refractivity contribution < 1.29 is 14.5 Å². The minimum absolute atomic E-state index is 0.0509. The van der Waals surface area contributed by atoms with Gasteiger partial charge in [0.1, 0.15) is 23.2 Å². The Morgan fingerprint density at radius 2 is 2.12 bits per heavy atom. The van der Waals surface area contributed by atoms with Crippen LogP contribution in [0.4, 0.5) is 11.4 Å². The Hall–Kier alpha value is -3.41. The number of halogens is 3. The van der Waals surface area contributed by atoms with Crippen molar-refractivity contribution in [1.82, 2.24) is 20.2 Å². The summed E-state index contributed by atoms with van der Waals surface area (Å²) in [5.74, 6) is -0.194. The number of anilines is 1. The van der Waals surface area contributed by atoms with Gasteiger partial charge in [-0.2, -0.15) is 10.2 Å². The molecule has 3 aromatic rings. The van der Waals surface area contributed by atoms with E-state index in [2.05, 4.69) is 20.6 Å².